The predicted molar refractivity (Wildman–Crippen MR) is 211 cm³/mol. The summed E-state index contributed by atoms with van der Waals surface area (Å²) in [5.74, 6) is -0.786. The topological polar surface area (TPSA) is 108 Å². The van der Waals surface area contributed by atoms with Gasteiger partial charge in [0.1, 0.15) is 19.8 Å². The summed E-state index contributed by atoms with van der Waals surface area (Å²) in [6.07, 6.45) is 32.8. The van der Waals surface area contributed by atoms with Crippen LogP contribution in [0.2, 0.25) is 0 Å². The molecule has 0 aromatic rings. The Bertz CT molecular complexity index is 850. The van der Waals surface area contributed by atoms with Crippen molar-refractivity contribution in [1.29, 1.82) is 0 Å². The van der Waals surface area contributed by atoms with Crippen LogP contribution in [0.1, 0.15) is 200 Å². The number of carbonyl (C=O) groups is 2. The molecule has 9 nitrogen and oxygen atoms in total. The molecule has 0 saturated carbocycles. The van der Waals surface area contributed by atoms with E-state index in [2.05, 4.69) is 13.8 Å². The Morgan fingerprint density at radius 3 is 1.25 bits per heavy atom. The molecule has 0 spiro atoms. The van der Waals surface area contributed by atoms with Crippen LogP contribution in [0.3, 0.4) is 0 Å². The minimum atomic E-state index is -4.36. The van der Waals surface area contributed by atoms with Crippen LogP contribution in [-0.2, 0) is 32.7 Å². The van der Waals surface area contributed by atoms with Gasteiger partial charge in [-0.3, -0.25) is 18.6 Å². The second-order valence-electron chi connectivity index (χ2n) is 15.7. The van der Waals surface area contributed by atoms with E-state index in [-0.39, 0.29) is 25.6 Å². The van der Waals surface area contributed by atoms with Gasteiger partial charge in [-0.1, -0.05) is 174 Å². The molecule has 0 amide bonds. The minimum absolute atomic E-state index is 0.0367. The van der Waals surface area contributed by atoms with Gasteiger partial charge in [-0.25, -0.2) is 4.57 Å². The molecule has 51 heavy (non-hydrogen) atoms. The van der Waals surface area contributed by atoms with Gasteiger partial charge >= 0.3 is 19.8 Å². The van der Waals surface area contributed by atoms with Crippen LogP contribution in [-0.4, -0.2) is 74.9 Å². The van der Waals surface area contributed by atoms with E-state index in [1.165, 1.54) is 135 Å². The van der Waals surface area contributed by atoms with Crippen LogP contribution >= 0.6 is 7.82 Å². The SMILES string of the molecule is CCCCCCCCCCCCCCCCC(=O)O[C@@H](COC(=O)CCCCCCCCCCCCCCC)COP(=O)(O)OCC[N+](C)(C)C. The smallest absolute Gasteiger partial charge is 0.462 e. The lowest BCUT2D eigenvalue weighted by Gasteiger charge is -2.24. The minimum Gasteiger partial charge on any atom is -0.462 e. The highest BCUT2D eigenvalue weighted by Crippen LogP contribution is 2.43. The van der Waals surface area contributed by atoms with E-state index >= 15 is 0 Å². The Morgan fingerprint density at radius 2 is 0.882 bits per heavy atom. The number of carbonyl (C=O) groups excluding carboxylic acids is 2. The van der Waals surface area contributed by atoms with E-state index in [0.717, 1.165) is 38.5 Å². The van der Waals surface area contributed by atoms with Gasteiger partial charge in [-0.15, -0.1) is 0 Å². The molecule has 0 aromatic heterocycles. The van der Waals surface area contributed by atoms with Crippen LogP contribution in [0.15, 0.2) is 0 Å². The Kier molecular flexibility index (Phi) is 34.1. The van der Waals surface area contributed by atoms with Crippen LogP contribution in [0.5, 0.6) is 0 Å². The largest absolute Gasteiger partial charge is 0.472 e. The third-order valence-electron chi connectivity index (χ3n) is 9.39. The Morgan fingerprint density at radius 1 is 0.529 bits per heavy atom. The number of ether oxygens (including phenoxy) is 2. The fraction of sp³-hybridized carbons (Fsp3) is 0.951. The maximum Gasteiger partial charge on any atom is 0.472 e. The average molecular weight is 749 g/mol. The second-order valence-corrected chi connectivity index (χ2v) is 17.2. The predicted octanol–water partition coefficient (Wildman–Crippen LogP) is 11.6. The van der Waals surface area contributed by atoms with Crippen molar-refractivity contribution in [1.82, 2.24) is 0 Å². The fourth-order valence-corrected chi connectivity index (χ4v) is 6.76. The Hall–Kier alpha value is -0.990. The van der Waals surface area contributed by atoms with Crippen molar-refractivity contribution in [3.8, 4) is 0 Å². The highest BCUT2D eigenvalue weighted by Gasteiger charge is 2.27. The second kappa shape index (κ2) is 34.8. The monoisotopic (exact) mass is 749 g/mol. The summed E-state index contributed by atoms with van der Waals surface area (Å²) in [7, 11) is 1.49. The van der Waals surface area contributed by atoms with Crippen LogP contribution < -0.4 is 0 Å². The quantitative estimate of drug-likeness (QED) is 0.0286. The summed E-state index contributed by atoms with van der Waals surface area (Å²) >= 11 is 0. The molecule has 0 aliphatic rings. The van der Waals surface area contributed by atoms with Gasteiger partial charge in [0, 0.05) is 12.8 Å². The van der Waals surface area contributed by atoms with Gasteiger partial charge < -0.3 is 18.9 Å². The molecule has 0 saturated heterocycles. The van der Waals surface area contributed by atoms with Gasteiger partial charge in [0.15, 0.2) is 6.10 Å². The number of unbranched alkanes of at least 4 members (excludes halogenated alkanes) is 25. The molecule has 0 aliphatic heterocycles. The van der Waals surface area contributed by atoms with Crippen molar-refractivity contribution in [3.63, 3.8) is 0 Å². The first-order valence-electron chi connectivity index (χ1n) is 21.3. The maximum absolute atomic E-state index is 12.6. The summed E-state index contributed by atoms with van der Waals surface area (Å²) in [6.45, 7) is 4.44. The van der Waals surface area contributed by atoms with Crippen molar-refractivity contribution in [3.05, 3.63) is 0 Å². The number of nitrogens with zero attached hydrogens (tertiary/aromatic N) is 1. The number of hydrogen-bond acceptors (Lipinski definition) is 7. The fourth-order valence-electron chi connectivity index (χ4n) is 6.01. The van der Waals surface area contributed by atoms with E-state index in [0.29, 0.717) is 17.4 Å². The van der Waals surface area contributed by atoms with E-state index in [1.54, 1.807) is 0 Å². The summed E-state index contributed by atoms with van der Waals surface area (Å²) in [4.78, 5) is 35.3. The highest BCUT2D eigenvalue weighted by atomic mass is 31.2. The molecule has 0 heterocycles. The normalized spacial score (nSPS) is 13.6. The van der Waals surface area contributed by atoms with Crippen molar-refractivity contribution >= 4 is 19.8 Å². The van der Waals surface area contributed by atoms with E-state index in [4.69, 9.17) is 18.5 Å². The lowest BCUT2D eigenvalue weighted by atomic mass is 10.0. The van der Waals surface area contributed by atoms with E-state index < -0.39 is 26.5 Å². The molecular weight excluding hydrogens is 665 g/mol. The lowest BCUT2D eigenvalue weighted by Crippen LogP contribution is -2.37. The van der Waals surface area contributed by atoms with Crippen LogP contribution in [0.25, 0.3) is 0 Å². The van der Waals surface area contributed by atoms with Crippen molar-refractivity contribution in [2.45, 2.75) is 206 Å². The number of phosphoric acid groups is 1. The first-order chi connectivity index (χ1) is 24.5. The molecule has 0 aromatic carbocycles. The molecule has 2 atom stereocenters. The number of phosphoric ester groups is 1. The first-order valence-corrected chi connectivity index (χ1v) is 22.8. The van der Waals surface area contributed by atoms with E-state index in [9.17, 15) is 19.0 Å². The van der Waals surface area contributed by atoms with Gasteiger partial charge in [-0.05, 0) is 12.8 Å². The zero-order chi connectivity index (χ0) is 37.9. The van der Waals surface area contributed by atoms with Gasteiger partial charge in [-0.2, -0.15) is 0 Å². The number of hydrogen-bond donors (Lipinski definition) is 1. The van der Waals surface area contributed by atoms with Crippen molar-refractivity contribution < 1.29 is 42.1 Å². The van der Waals surface area contributed by atoms with E-state index in [1.807, 2.05) is 21.1 Å². The molecule has 0 bridgehead atoms. The van der Waals surface area contributed by atoms with Crippen LogP contribution in [0, 0.1) is 0 Å². The Balaban J connectivity index is 4.35. The standard InChI is InChI=1S/C41H82NO8P/c1-6-8-10-12-14-16-18-20-22-24-26-28-30-32-34-41(44)50-39(38-49-51(45,46)48-36-35-42(3,4)5)37-47-40(43)33-31-29-27-25-23-21-19-17-15-13-11-9-7-2/h39H,6-38H2,1-5H3/p+1/t39-/m0/s1. The highest BCUT2D eigenvalue weighted by molar-refractivity contribution is 7.47. The maximum atomic E-state index is 12.6. The first kappa shape index (κ1) is 50.0. The summed E-state index contributed by atoms with van der Waals surface area (Å²) in [6, 6.07) is 0. The average Bonchev–Trinajstić information content (AvgIpc) is 3.07. The summed E-state index contributed by atoms with van der Waals surface area (Å²) in [5.41, 5.74) is 0. The molecule has 0 aliphatic carbocycles. The van der Waals surface area contributed by atoms with Crippen molar-refractivity contribution in [2.24, 2.45) is 0 Å². The number of esters is 2. The van der Waals surface area contributed by atoms with Gasteiger partial charge in [0.25, 0.3) is 0 Å². The number of likely N-dealkylation sites (N-methyl/N-ethyl adjacent to an activating group) is 1. The molecule has 10 heteroatoms. The van der Waals surface area contributed by atoms with Gasteiger partial charge in [0.05, 0.1) is 27.7 Å². The number of quaternary nitrogens is 1. The van der Waals surface area contributed by atoms with Gasteiger partial charge in [0.2, 0.25) is 0 Å². The summed E-state index contributed by atoms with van der Waals surface area (Å²) in [5, 5.41) is 0. The van der Waals surface area contributed by atoms with Crippen LogP contribution in [0.4, 0.5) is 0 Å². The zero-order valence-electron chi connectivity index (χ0n) is 34.1. The third-order valence-corrected chi connectivity index (χ3v) is 10.4. The third kappa shape index (κ3) is 38.5. The lowest BCUT2D eigenvalue weighted by molar-refractivity contribution is -0.870. The number of rotatable bonds is 39. The molecule has 0 fully saturated rings. The molecule has 304 valence electrons. The molecular formula is C41H83NO8P+. The molecule has 0 rings (SSSR count). The molecule has 0 radical (unpaired) electrons. The Labute approximate surface area is 314 Å². The molecule has 1 unspecified atom stereocenters. The summed E-state index contributed by atoms with van der Waals surface area (Å²) < 4.78 is 34.3. The zero-order valence-corrected chi connectivity index (χ0v) is 35.0. The van der Waals surface area contributed by atoms with Crippen molar-refractivity contribution in [2.75, 3.05) is 47.5 Å². The molecule has 1 N–H and O–H groups in total.